The highest BCUT2D eigenvalue weighted by Gasteiger charge is 2.40. The lowest BCUT2D eigenvalue weighted by Crippen LogP contribution is -2.62. The van der Waals surface area contributed by atoms with Crippen LogP contribution in [0.25, 0.3) is 32.2 Å². The molecule has 246 valence electrons. The lowest BCUT2D eigenvalue weighted by molar-refractivity contribution is -0.0650. The van der Waals surface area contributed by atoms with Gasteiger partial charge in [-0.25, -0.2) is 23.5 Å². The highest BCUT2D eigenvalue weighted by molar-refractivity contribution is 7.18. The van der Waals surface area contributed by atoms with E-state index in [1.807, 2.05) is 4.90 Å². The molecule has 0 atom stereocenters. The monoisotopic (exact) mass is 691 g/mol. The predicted molar refractivity (Wildman–Crippen MR) is 178 cm³/mol. The van der Waals surface area contributed by atoms with E-state index in [4.69, 9.17) is 16.3 Å². The second-order valence-corrected chi connectivity index (χ2v) is 13.2. The molecule has 5 aromatic rings. The highest BCUT2D eigenvalue weighted by atomic mass is 35.5. The van der Waals surface area contributed by atoms with Gasteiger partial charge in [0, 0.05) is 72.8 Å². The maximum absolute atomic E-state index is 13.9. The lowest BCUT2D eigenvalue weighted by atomic mass is 10.00. The van der Waals surface area contributed by atoms with Crippen LogP contribution in [-0.2, 0) is 6.54 Å². The van der Waals surface area contributed by atoms with Crippen molar-refractivity contribution >= 4 is 55.8 Å². The third-order valence-corrected chi connectivity index (χ3v) is 10.2. The van der Waals surface area contributed by atoms with Gasteiger partial charge in [-0.05, 0) is 31.2 Å². The first-order valence-electron chi connectivity index (χ1n) is 15.2. The van der Waals surface area contributed by atoms with Gasteiger partial charge < -0.3 is 14.7 Å². The number of nitrogens with zero attached hydrogens (tertiary/aromatic N) is 7. The Kier molecular flexibility index (Phi) is 8.22. The lowest BCUT2D eigenvalue weighted by Gasteiger charge is -2.48. The molecule has 11 nitrogen and oxygen atoms in total. The van der Waals surface area contributed by atoms with Gasteiger partial charge in [0.1, 0.15) is 35.6 Å². The maximum atomic E-state index is 13.9. The number of carboxylic acid groups (broad SMARTS) is 1. The molecular weight excluding hydrogens is 664 g/mol. The Hall–Kier alpha value is -4.71. The van der Waals surface area contributed by atoms with E-state index in [-0.39, 0.29) is 48.5 Å². The zero-order chi connectivity index (χ0) is 33.7. The zero-order valence-corrected chi connectivity index (χ0v) is 27.2. The summed E-state index contributed by atoms with van der Waals surface area (Å²) in [7, 11) is 0. The molecule has 4 aromatic heterocycles. The normalized spacial score (nSPS) is 16.6. The molecular formula is C33H28ClF2N7O4S. The number of thiophene rings is 1. The van der Waals surface area contributed by atoms with Crippen molar-refractivity contribution in [3.8, 4) is 22.9 Å². The number of aromatic carboxylic acids is 1. The molecule has 15 heteroatoms. The molecule has 1 aromatic carbocycles. The molecule has 0 unspecified atom stereocenters. The summed E-state index contributed by atoms with van der Waals surface area (Å²) in [6, 6.07) is 9.13. The first-order chi connectivity index (χ1) is 23.0. The van der Waals surface area contributed by atoms with E-state index in [9.17, 15) is 28.7 Å². The second kappa shape index (κ2) is 12.4. The molecule has 0 radical (unpaired) electrons. The summed E-state index contributed by atoms with van der Waals surface area (Å²) in [4.78, 5) is 42.8. The quantitative estimate of drug-likeness (QED) is 0.219. The standard InChI is InChI=1S/C33H28ClF2N7O4S/c1-18-40-25-14-39-30(42-15-20(16-42)41-8-5-33(35,36)6-9-41)23(13-37)27(25)31(44)43(18)10-11-47-26-3-2-19(34)12-22(26)21-4-7-38-28-24(32(45)46)17-48-29(21)28/h2-4,7,12,14,17,20H,5-6,8-11,15-16H2,1H3,(H,45,46). The van der Waals surface area contributed by atoms with Crippen molar-refractivity contribution < 1.29 is 23.4 Å². The smallest absolute Gasteiger partial charge is 0.338 e. The number of benzene rings is 1. The second-order valence-electron chi connectivity index (χ2n) is 11.9. The number of halogens is 3. The Balaban J connectivity index is 1.13. The van der Waals surface area contributed by atoms with Crippen LogP contribution in [0.1, 0.15) is 34.6 Å². The number of rotatable bonds is 8. The highest BCUT2D eigenvalue weighted by Crippen LogP contribution is 2.40. The van der Waals surface area contributed by atoms with Gasteiger partial charge in [0.15, 0.2) is 0 Å². The molecule has 0 saturated carbocycles. The van der Waals surface area contributed by atoms with Crippen LogP contribution in [0, 0.1) is 18.3 Å². The van der Waals surface area contributed by atoms with E-state index in [2.05, 4.69) is 25.9 Å². The summed E-state index contributed by atoms with van der Waals surface area (Å²) < 4.78 is 35.6. The number of fused-ring (bicyclic) bond motifs is 2. The average molecular weight is 692 g/mol. The first kappa shape index (κ1) is 31.9. The van der Waals surface area contributed by atoms with E-state index >= 15 is 0 Å². The van der Waals surface area contributed by atoms with Crippen LogP contribution >= 0.6 is 22.9 Å². The van der Waals surface area contributed by atoms with E-state index in [0.717, 1.165) is 0 Å². The number of hydrogen-bond acceptors (Lipinski definition) is 10. The summed E-state index contributed by atoms with van der Waals surface area (Å²) in [5, 5.41) is 21.9. The number of aromatic nitrogens is 4. The van der Waals surface area contributed by atoms with Crippen LogP contribution in [0.2, 0.25) is 5.02 Å². The van der Waals surface area contributed by atoms with E-state index in [0.29, 0.717) is 75.5 Å². The summed E-state index contributed by atoms with van der Waals surface area (Å²) >= 11 is 7.62. The summed E-state index contributed by atoms with van der Waals surface area (Å²) in [6.07, 6.45) is 2.71. The third kappa shape index (κ3) is 5.72. The van der Waals surface area contributed by atoms with Crippen LogP contribution < -0.4 is 15.2 Å². The summed E-state index contributed by atoms with van der Waals surface area (Å²) in [6.45, 7) is 3.58. The predicted octanol–water partition coefficient (Wildman–Crippen LogP) is 5.60. The molecule has 0 bridgehead atoms. The van der Waals surface area contributed by atoms with Crippen LogP contribution in [0.15, 0.2) is 46.8 Å². The van der Waals surface area contributed by atoms with Crippen molar-refractivity contribution in [3.63, 3.8) is 0 Å². The molecule has 2 aliphatic heterocycles. The Bertz CT molecular complexity index is 2190. The van der Waals surface area contributed by atoms with E-state index < -0.39 is 17.5 Å². The fourth-order valence-electron chi connectivity index (χ4n) is 6.38. The van der Waals surface area contributed by atoms with Gasteiger partial charge in [0.25, 0.3) is 11.5 Å². The number of likely N-dealkylation sites (tertiary alicyclic amines) is 1. The van der Waals surface area contributed by atoms with Gasteiger partial charge >= 0.3 is 5.97 Å². The Morgan fingerprint density at radius 2 is 1.98 bits per heavy atom. The van der Waals surface area contributed by atoms with Crippen molar-refractivity contribution in [2.24, 2.45) is 0 Å². The zero-order valence-electron chi connectivity index (χ0n) is 25.6. The number of alkyl halides is 2. The minimum atomic E-state index is -2.62. The van der Waals surface area contributed by atoms with Gasteiger partial charge in [-0.2, -0.15) is 5.26 Å². The number of aryl methyl sites for hydroxylation is 1. The van der Waals surface area contributed by atoms with Crippen LogP contribution in [0.5, 0.6) is 5.75 Å². The number of anilines is 1. The number of hydrogen-bond donors (Lipinski definition) is 1. The molecule has 0 spiro atoms. The van der Waals surface area contributed by atoms with Crippen molar-refractivity contribution in [2.45, 2.75) is 38.3 Å². The number of nitriles is 1. The minimum Gasteiger partial charge on any atom is -0.491 e. The molecule has 0 amide bonds. The van der Waals surface area contributed by atoms with E-state index in [1.54, 1.807) is 36.6 Å². The Labute approximate surface area is 281 Å². The van der Waals surface area contributed by atoms with Gasteiger partial charge in [-0.3, -0.25) is 19.2 Å². The van der Waals surface area contributed by atoms with Crippen molar-refractivity contribution in [2.75, 3.05) is 37.7 Å². The van der Waals surface area contributed by atoms with Crippen LogP contribution in [0.4, 0.5) is 14.6 Å². The van der Waals surface area contributed by atoms with Gasteiger partial charge in [-0.1, -0.05) is 11.6 Å². The molecule has 7 rings (SSSR count). The topological polar surface area (TPSA) is 137 Å². The largest absolute Gasteiger partial charge is 0.491 e. The maximum Gasteiger partial charge on any atom is 0.338 e. The number of carboxylic acids is 1. The SMILES string of the molecule is Cc1nc2cnc(N3CC(N4CCC(F)(F)CC4)C3)c(C#N)c2c(=O)n1CCOc1ccc(Cl)cc1-c1ccnc2c(C(=O)O)csc12. The Morgan fingerprint density at radius 3 is 2.71 bits per heavy atom. The fourth-order valence-corrected chi connectivity index (χ4v) is 7.58. The minimum absolute atomic E-state index is 0.0735. The first-order valence-corrected chi connectivity index (χ1v) is 16.5. The van der Waals surface area contributed by atoms with Crippen LogP contribution in [0.3, 0.4) is 0 Å². The van der Waals surface area contributed by atoms with Gasteiger partial charge in [0.05, 0.1) is 39.4 Å². The molecule has 2 fully saturated rings. The van der Waals surface area contributed by atoms with Crippen molar-refractivity contribution in [3.05, 3.63) is 74.4 Å². The molecule has 6 heterocycles. The van der Waals surface area contributed by atoms with Gasteiger partial charge in [-0.15, -0.1) is 11.3 Å². The fraction of sp³-hybridized carbons (Fsp3) is 0.333. The van der Waals surface area contributed by atoms with Crippen molar-refractivity contribution in [1.29, 1.82) is 5.26 Å². The third-order valence-electron chi connectivity index (χ3n) is 8.98. The van der Waals surface area contributed by atoms with Gasteiger partial charge in [0.2, 0.25) is 0 Å². The van der Waals surface area contributed by atoms with Crippen LogP contribution in [-0.4, -0.2) is 80.2 Å². The summed E-state index contributed by atoms with van der Waals surface area (Å²) in [5.74, 6) is -2.41. The van der Waals surface area contributed by atoms with Crippen molar-refractivity contribution in [1.82, 2.24) is 24.4 Å². The molecule has 2 saturated heterocycles. The number of ether oxygens (including phenoxy) is 1. The number of carbonyl (C=O) groups is 1. The molecule has 1 N–H and O–H groups in total. The van der Waals surface area contributed by atoms with E-state index in [1.165, 1.54) is 28.3 Å². The number of piperidine rings is 1. The summed E-state index contributed by atoms with van der Waals surface area (Å²) in [5.41, 5.74) is 1.86. The molecule has 48 heavy (non-hydrogen) atoms. The molecule has 0 aliphatic carbocycles. The number of pyridine rings is 2. The average Bonchev–Trinajstić information content (AvgIpc) is 3.48. The molecule has 2 aliphatic rings. The Morgan fingerprint density at radius 1 is 1.21 bits per heavy atom.